The number of nitrogens with zero attached hydrogens (tertiary/aromatic N) is 6. The van der Waals surface area contributed by atoms with Crippen LogP contribution in [0.2, 0.25) is 0 Å². The van der Waals surface area contributed by atoms with Crippen LogP contribution in [0.4, 0.5) is 37.9 Å². The van der Waals surface area contributed by atoms with Gasteiger partial charge in [-0.3, -0.25) is 28.8 Å². The van der Waals surface area contributed by atoms with Crippen molar-refractivity contribution in [1.82, 2.24) is 35.5 Å². The van der Waals surface area contributed by atoms with Gasteiger partial charge < -0.3 is 31.5 Å². The fraction of sp³-hybridized carbons (Fsp3) is 0.297. The number of carbonyl (C=O) groups excluding carboxylic acids is 3. The molecule has 1 aliphatic heterocycles. The van der Waals surface area contributed by atoms with Gasteiger partial charge in [-0.05, 0) is 60.5 Å². The van der Waals surface area contributed by atoms with Gasteiger partial charge in [0.15, 0.2) is 16.3 Å². The van der Waals surface area contributed by atoms with Crippen molar-refractivity contribution in [2.45, 2.75) is 40.9 Å². The van der Waals surface area contributed by atoms with Crippen LogP contribution in [0.3, 0.4) is 0 Å². The van der Waals surface area contributed by atoms with Crippen molar-refractivity contribution in [3.8, 4) is 0 Å². The molecule has 1 aliphatic rings. The predicted octanol–water partition coefficient (Wildman–Crippen LogP) is 4.14. The fourth-order valence-corrected chi connectivity index (χ4v) is 8.02. The Morgan fingerprint density at radius 1 is 0.927 bits per heavy atom. The predicted molar refractivity (Wildman–Crippen MR) is 215 cm³/mol. The lowest BCUT2D eigenvalue weighted by molar-refractivity contribution is -0.127. The summed E-state index contributed by atoms with van der Waals surface area (Å²) < 4.78 is 15.3. The van der Waals surface area contributed by atoms with E-state index in [2.05, 4.69) is 43.0 Å². The third kappa shape index (κ3) is 8.97. The zero-order valence-electron chi connectivity index (χ0n) is 31.0. The second-order valence-corrected chi connectivity index (χ2v) is 15.3. The van der Waals surface area contributed by atoms with Crippen LogP contribution in [-0.2, 0) is 16.1 Å². The molecule has 0 saturated heterocycles. The number of aromatic amines is 1. The Morgan fingerprint density at radius 2 is 1.55 bits per heavy atom. The van der Waals surface area contributed by atoms with Gasteiger partial charge in [-0.1, -0.05) is 35.7 Å². The molecule has 6 rings (SSSR count). The highest BCUT2D eigenvalue weighted by Crippen LogP contribution is 2.50. The van der Waals surface area contributed by atoms with Crippen molar-refractivity contribution in [1.29, 1.82) is 0 Å². The Balaban J connectivity index is 1.10. The largest absolute Gasteiger partial charge is 0.378 e. The monoisotopic (exact) mass is 787 g/mol. The number of rotatable bonds is 13. The van der Waals surface area contributed by atoms with Gasteiger partial charge in [0.25, 0.3) is 5.56 Å². The first-order valence-corrected chi connectivity index (χ1v) is 19.2. The molecule has 0 aliphatic carbocycles. The van der Waals surface area contributed by atoms with Crippen LogP contribution >= 0.6 is 23.5 Å². The quantitative estimate of drug-likeness (QED) is 0.0854. The third-order valence-corrected chi connectivity index (χ3v) is 10.8. The molecule has 288 valence electrons. The number of carbonyl (C=O) groups is 3. The molecule has 2 aromatic heterocycles. The van der Waals surface area contributed by atoms with E-state index in [4.69, 9.17) is 5.73 Å². The van der Waals surface area contributed by atoms with E-state index in [1.165, 1.54) is 19.1 Å². The first kappa shape index (κ1) is 39.0. The van der Waals surface area contributed by atoms with E-state index in [0.717, 1.165) is 49.9 Å². The van der Waals surface area contributed by atoms with E-state index in [1.807, 2.05) is 62.3 Å². The summed E-state index contributed by atoms with van der Waals surface area (Å²) in [6, 6.07) is 16.6. The van der Waals surface area contributed by atoms with Gasteiger partial charge in [-0.15, -0.1) is 0 Å². The summed E-state index contributed by atoms with van der Waals surface area (Å²) in [6.07, 6.45) is 0.419. The zero-order chi connectivity index (χ0) is 39.4. The van der Waals surface area contributed by atoms with Gasteiger partial charge >= 0.3 is 6.03 Å². The van der Waals surface area contributed by atoms with Crippen molar-refractivity contribution in [2.75, 3.05) is 67.5 Å². The van der Waals surface area contributed by atoms with Gasteiger partial charge in [0, 0.05) is 75.1 Å². The average Bonchev–Trinajstić information content (AvgIpc) is 3.48. The average molecular weight is 788 g/mol. The summed E-state index contributed by atoms with van der Waals surface area (Å²) in [5.74, 6) is -1.26. The highest BCUT2D eigenvalue weighted by molar-refractivity contribution is 7.99. The minimum absolute atomic E-state index is 0.0494. The summed E-state index contributed by atoms with van der Waals surface area (Å²) in [6.45, 7) is 2.01. The lowest BCUT2D eigenvalue weighted by Gasteiger charge is -2.32. The second kappa shape index (κ2) is 16.7. The summed E-state index contributed by atoms with van der Waals surface area (Å²) in [5.41, 5.74) is 9.88. The van der Waals surface area contributed by atoms with Gasteiger partial charge in [-0.2, -0.15) is 4.98 Å². The van der Waals surface area contributed by atoms with Crippen LogP contribution in [0.15, 0.2) is 80.4 Å². The maximum absolute atomic E-state index is 13.8. The molecule has 3 aromatic carbocycles. The van der Waals surface area contributed by atoms with E-state index in [0.29, 0.717) is 11.6 Å². The fourth-order valence-electron chi connectivity index (χ4n) is 5.88. The van der Waals surface area contributed by atoms with Crippen molar-refractivity contribution in [3.63, 3.8) is 0 Å². The number of thioether (sulfide) groups is 1. The van der Waals surface area contributed by atoms with Gasteiger partial charge in [0.1, 0.15) is 11.9 Å². The minimum atomic E-state index is -0.953. The number of amides is 4. The van der Waals surface area contributed by atoms with Crippen molar-refractivity contribution < 1.29 is 18.8 Å². The zero-order valence-corrected chi connectivity index (χ0v) is 32.6. The maximum Gasteiger partial charge on any atom is 0.326 e. The summed E-state index contributed by atoms with van der Waals surface area (Å²) >= 11 is 2.76. The normalized spacial score (nSPS) is 12.4. The Bertz CT molecular complexity index is 2240. The molecule has 0 spiro atoms. The lowest BCUT2D eigenvalue weighted by Crippen LogP contribution is -2.48. The first-order valence-electron chi connectivity index (χ1n) is 17.4. The number of aromatic nitrogens is 4. The minimum Gasteiger partial charge on any atom is -0.378 e. The van der Waals surface area contributed by atoms with Crippen LogP contribution in [-0.4, -0.2) is 90.4 Å². The highest BCUT2D eigenvalue weighted by Gasteiger charge is 2.29. The standard InChI is InChI=1S/C37H42FN11O4S2/c1-21(50)42-26(20-54-37-43-31-32(44-35(39)45-34(31)52)48(37)19-22-7-9-23(38)10-8-22)33(51)40-15-6-16-41-36(53)49-27-13-11-24(46(2)3)17-29(27)55-30-18-25(47(4)5)12-14-28(30)49/h7-14,17-18,26H,6,15-16,19-20H2,1-5H3,(H,40,51)(H,41,53)(H,42,50)(H3,39,44,45,52)/t26-/m0/s1. The number of nitrogens with one attached hydrogen (secondary N) is 4. The van der Waals surface area contributed by atoms with Gasteiger partial charge in [0.05, 0.1) is 17.9 Å². The van der Waals surface area contributed by atoms with Crippen LogP contribution in [0, 0.1) is 5.82 Å². The van der Waals surface area contributed by atoms with E-state index < -0.39 is 29.2 Å². The van der Waals surface area contributed by atoms with Crippen LogP contribution < -0.4 is 41.9 Å². The van der Waals surface area contributed by atoms with Crippen molar-refractivity contribution in [2.24, 2.45) is 0 Å². The first-order chi connectivity index (χ1) is 26.3. The number of benzene rings is 3. The number of nitrogens with two attached hydrogens (primary N) is 1. The summed E-state index contributed by atoms with van der Waals surface area (Å²) in [7, 11) is 7.89. The lowest BCUT2D eigenvalue weighted by atomic mass is 10.2. The topological polar surface area (TPSA) is 187 Å². The van der Waals surface area contributed by atoms with E-state index in [1.54, 1.807) is 33.4 Å². The molecular formula is C37H42FN11O4S2. The van der Waals surface area contributed by atoms with Gasteiger partial charge in [0.2, 0.25) is 17.8 Å². The number of hydrogen-bond acceptors (Lipinski definition) is 11. The molecule has 5 aromatic rings. The number of urea groups is 1. The number of nitrogen functional groups attached to an aromatic ring is 1. The SMILES string of the molecule is CC(=O)N[C@@H](CSc1nc2c(=O)[nH]c(N)nc2n1Cc1ccc(F)cc1)C(=O)NCCCNC(=O)N1c2ccc(N(C)C)cc2Sc2cc(N(C)C)ccc21. The molecule has 4 amide bonds. The molecule has 0 unspecified atom stereocenters. The number of imidazole rings is 1. The molecule has 18 heteroatoms. The number of H-pyrrole nitrogens is 1. The number of fused-ring (bicyclic) bond motifs is 3. The molecule has 0 fully saturated rings. The Kier molecular flexibility index (Phi) is 11.8. The molecule has 0 bridgehead atoms. The highest BCUT2D eigenvalue weighted by atomic mass is 32.2. The van der Waals surface area contributed by atoms with Crippen LogP contribution in [0.1, 0.15) is 18.9 Å². The molecule has 15 nitrogen and oxygen atoms in total. The summed E-state index contributed by atoms with van der Waals surface area (Å²) in [5, 5.41) is 8.89. The third-order valence-electron chi connectivity index (χ3n) is 8.67. The van der Waals surface area contributed by atoms with Crippen molar-refractivity contribution >= 4 is 81.2 Å². The number of halogens is 1. The molecule has 0 saturated carbocycles. The molecular weight excluding hydrogens is 746 g/mol. The Morgan fingerprint density at radius 3 is 2.15 bits per heavy atom. The smallest absolute Gasteiger partial charge is 0.326 e. The summed E-state index contributed by atoms with van der Waals surface area (Å²) in [4.78, 5) is 70.7. The van der Waals surface area contributed by atoms with Crippen LogP contribution in [0.25, 0.3) is 11.2 Å². The van der Waals surface area contributed by atoms with Gasteiger partial charge in [-0.25, -0.2) is 14.2 Å². The van der Waals surface area contributed by atoms with E-state index in [9.17, 15) is 23.6 Å². The van der Waals surface area contributed by atoms with E-state index >= 15 is 0 Å². The number of hydrogen-bond donors (Lipinski definition) is 5. The van der Waals surface area contributed by atoms with Crippen molar-refractivity contribution in [3.05, 3.63) is 82.4 Å². The molecule has 6 N–H and O–H groups in total. The number of anilines is 5. The molecule has 3 heterocycles. The van der Waals surface area contributed by atoms with Crippen LogP contribution in [0.5, 0.6) is 0 Å². The molecule has 55 heavy (non-hydrogen) atoms. The van der Waals surface area contributed by atoms with E-state index in [-0.39, 0.29) is 48.5 Å². The Labute approximate surface area is 325 Å². The maximum atomic E-state index is 13.8. The Hall–Kier alpha value is -5.75. The molecule has 1 atom stereocenters. The second-order valence-electron chi connectivity index (χ2n) is 13.2. The molecule has 0 radical (unpaired) electrons.